The first-order valence-corrected chi connectivity index (χ1v) is 12.5. The number of piperazine rings is 1. The van der Waals surface area contributed by atoms with E-state index in [2.05, 4.69) is 5.32 Å². The van der Waals surface area contributed by atoms with Gasteiger partial charge in [0.05, 0.1) is 18.6 Å². The van der Waals surface area contributed by atoms with E-state index in [1.165, 1.54) is 24.1 Å². The average molecular weight is 494 g/mol. The predicted molar refractivity (Wildman–Crippen MR) is 132 cm³/mol. The molecule has 0 radical (unpaired) electrons. The van der Waals surface area contributed by atoms with E-state index in [9.17, 15) is 18.0 Å². The average Bonchev–Trinajstić information content (AvgIpc) is 2.88. The summed E-state index contributed by atoms with van der Waals surface area (Å²) in [4.78, 5) is 28.5. The van der Waals surface area contributed by atoms with E-state index in [0.29, 0.717) is 11.4 Å². The van der Waals surface area contributed by atoms with E-state index in [0.717, 1.165) is 9.87 Å². The van der Waals surface area contributed by atoms with Crippen molar-refractivity contribution in [1.29, 1.82) is 0 Å². The van der Waals surface area contributed by atoms with Crippen LogP contribution in [0.15, 0.2) is 89.8 Å². The summed E-state index contributed by atoms with van der Waals surface area (Å²) in [6.07, 6.45) is 0. The highest BCUT2D eigenvalue weighted by Crippen LogP contribution is 2.33. The summed E-state index contributed by atoms with van der Waals surface area (Å²) in [6.45, 7) is 1.21. The van der Waals surface area contributed by atoms with E-state index in [4.69, 9.17) is 4.74 Å². The fraction of sp³-hybridized carbons (Fsp3) is 0.231. The first-order chi connectivity index (χ1) is 16.8. The minimum atomic E-state index is -4.00. The van der Waals surface area contributed by atoms with Gasteiger partial charge in [0.25, 0.3) is 0 Å². The van der Waals surface area contributed by atoms with Crippen molar-refractivity contribution in [3.8, 4) is 5.75 Å². The van der Waals surface area contributed by atoms with Crippen LogP contribution in [0.3, 0.4) is 0 Å². The molecule has 3 aromatic rings. The van der Waals surface area contributed by atoms with Gasteiger partial charge in [0.15, 0.2) is 0 Å². The van der Waals surface area contributed by atoms with Crippen molar-refractivity contribution in [2.75, 3.05) is 25.1 Å². The third kappa shape index (κ3) is 4.91. The highest BCUT2D eigenvalue weighted by Gasteiger charge is 2.51. The zero-order valence-electron chi connectivity index (χ0n) is 19.5. The van der Waals surface area contributed by atoms with Crippen LogP contribution in [0, 0.1) is 0 Å². The van der Waals surface area contributed by atoms with Gasteiger partial charge in [-0.15, -0.1) is 0 Å². The molecule has 0 saturated carbocycles. The second kappa shape index (κ2) is 9.89. The van der Waals surface area contributed by atoms with E-state index >= 15 is 0 Å². The minimum absolute atomic E-state index is 0.0645. The molecule has 8 nitrogen and oxygen atoms in total. The first-order valence-electron chi connectivity index (χ1n) is 11.1. The lowest BCUT2D eigenvalue weighted by molar-refractivity contribution is -0.133. The van der Waals surface area contributed by atoms with Crippen LogP contribution in [0.25, 0.3) is 0 Å². The van der Waals surface area contributed by atoms with Gasteiger partial charge >= 0.3 is 0 Å². The molecule has 1 unspecified atom stereocenters. The Morgan fingerprint density at radius 2 is 1.66 bits per heavy atom. The summed E-state index contributed by atoms with van der Waals surface area (Å²) >= 11 is 0. The number of nitrogens with zero attached hydrogens (tertiary/aromatic N) is 2. The van der Waals surface area contributed by atoms with Crippen LogP contribution in [0.5, 0.6) is 5.75 Å². The summed E-state index contributed by atoms with van der Waals surface area (Å²) < 4.78 is 33.1. The quantitative estimate of drug-likeness (QED) is 0.546. The number of amides is 2. The number of sulfonamides is 1. The molecule has 9 heteroatoms. The number of benzene rings is 3. The Morgan fingerprint density at radius 1 is 1.00 bits per heavy atom. The summed E-state index contributed by atoms with van der Waals surface area (Å²) in [5.41, 5.74) is -0.185. The molecule has 4 rings (SSSR count). The zero-order chi connectivity index (χ0) is 25.1. The molecule has 1 saturated heterocycles. The maximum atomic E-state index is 13.6. The topological polar surface area (TPSA) is 96.0 Å². The van der Waals surface area contributed by atoms with E-state index < -0.39 is 33.9 Å². The van der Waals surface area contributed by atoms with Crippen molar-refractivity contribution in [1.82, 2.24) is 9.62 Å². The molecule has 0 spiro atoms. The van der Waals surface area contributed by atoms with Crippen molar-refractivity contribution in [3.05, 3.63) is 90.5 Å². The van der Waals surface area contributed by atoms with Gasteiger partial charge in [-0.05, 0) is 36.8 Å². The highest BCUT2D eigenvalue weighted by atomic mass is 32.2. The van der Waals surface area contributed by atoms with Crippen LogP contribution in [0.2, 0.25) is 0 Å². The number of hydrogen-bond donors (Lipinski definition) is 1. The van der Waals surface area contributed by atoms with Gasteiger partial charge in [0, 0.05) is 24.8 Å². The lowest BCUT2D eigenvalue weighted by Gasteiger charge is -2.46. The first kappa shape index (κ1) is 24.4. The Kier molecular flexibility index (Phi) is 6.90. The Labute approximate surface area is 205 Å². The lowest BCUT2D eigenvalue weighted by atomic mass is 9.94. The van der Waals surface area contributed by atoms with Gasteiger partial charge in [0.2, 0.25) is 21.8 Å². The molecule has 182 valence electrons. The van der Waals surface area contributed by atoms with Gasteiger partial charge in [-0.25, -0.2) is 8.42 Å². The number of nitrogens with one attached hydrogen (secondary N) is 1. The maximum absolute atomic E-state index is 13.6. The SMILES string of the molecule is COc1cccc(N2C(=O)CN(S(=O)(=O)c3ccccc3)CC2(C)C(=O)NCc2ccccc2)c1. The lowest BCUT2D eigenvalue weighted by Crippen LogP contribution is -2.70. The van der Waals surface area contributed by atoms with Crippen LogP contribution >= 0.6 is 0 Å². The fourth-order valence-electron chi connectivity index (χ4n) is 4.20. The van der Waals surface area contributed by atoms with E-state index in [1.54, 1.807) is 49.4 Å². The van der Waals surface area contributed by atoms with Gasteiger partial charge in [-0.1, -0.05) is 54.6 Å². The second-order valence-corrected chi connectivity index (χ2v) is 10.4. The molecule has 1 heterocycles. The van der Waals surface area contributed by atoms with Gasteiger partial charge in [-0.2, -0.15) is 4.31 Å². The van der Waals surface area contributed by atoms with E-state index in [1.807, 2.05) is 30.3 Å². The molecular formula is C26H27N3O5S. The largest absolute Gasteiger partial charge is 0.497 e. The summed E-state index contributed by atoms with van der Waals surface area (Å²) in [7, 11) is -2.49. The summed E-state index contributed by atoms with van der Waals surface area (Å²) in [6, 6.07) is 24.1. The van der Waals surface area contributed by atoms with Crippen LogP contribution in [0.4, 0.5) is 5.69 Å². The Morgan fingerprint density at radius 3 is 2.31 bits per heavy atom. The monoisotopic (exact) mass is 493 g/mol. The van der Waals surface area contributed by atoms with Crippen LogP contribution in [0.1, 0.15) is 12.5 Å². The third-order valence-corrected chi connectivity index (χ3v) is 7.82. The van der Waals surface area contributed by atoms with Gasteiger partial charge in [-0.3, -0.25) is 14.5 Å². The molecular weight excluding hydrogens is 466 g/mol. The number of ether oxygens (including phenoxy) is 1. The summed E-state index contributed by atoms with van der Waals surface area (Å²) in [5, 5.41) is 2.88. The number of carbonyl (C=O) groups is 2. The van der Waals surface area contributed by atoms with Crippen LogP contribution < -0.4 is 15.0 Å². The Hall–Kier alpha value is -3.69. The molecule has 1 N–H and O–H groups in total. The Balaban J connectivity index is 1.72. The minimum Gasteiger partial charge on any atom is -0.497 e. The number of carbonyl (C=O) groups excluding carboxylic acids is 2. The molecule has 1 aliphatic rings. The van der Waals surface area contributed by atoms with Crippen molar-refractivity contribution in [2.45, 2.75) is 23.9 Å². The van der Waals surface area contributed by atoms with Crippen LogP contribution in [-0.2, 0) is 26.2 Å². The van der Waals surface area contributed by atoms with Gasteiger partial charge < -0.3 is 10.1 Å². The molecule has 1 atom stereocenters. The molecule has 3 aromatic carbocycles. The standard InChI is InChI=1S/C26H27N3O5S/c1-26(25(31)27-17-20-10-5-3-6-11-20)19-28(35(32,33)23-14-7-4-8-15-23)18-24(30)29(26)21-12-9-13-22(16-21)34-2/h3-16H,17-19H2,1-2H3,(H,27,31). The molecule has 0 aliphatic carbocycles. The molecule has 0 aromatic heterocycles. The fourth-order valence-corrected chi connectivity index (χ4v) is 5.70. The predicted octanol–water partition coefficient (Wildman–Crippen LogP) is 2.81. The van der Waals surface area contributed by atoms with E-state index in [-0.39, 0.29) is 18.0 Å². The smallest absolute Gasteiger partial charge is 0.247 e. The van der Waals surface area contributed by atoms with Crippen molar-refractivity contribution in [3.63, 3.8) is 0 Å². The van der Waals surface area contributed by atoms with Gasteiger partial charge in [0.1, 0.15) is 11.3 Å². The van der Waals surface area contributed by atoms with Crippen molar-refractivity contribution < 1.29 is 22.7 Å². The number of methoxy groups -OCH3 is 1. The number of hydrogen-bond acceptors (Lipinski definition) is 5. The molecule has 0 bridgehead atoms. The van der Waals surface area contributed by atoms with Crippen LogP contribution in [-0.4, -0.2) is 50.3 Å². The highest BCUT2D eigenvalue weighted by molar-refractivity contribution is 7.89. The molecule has 35 heavy (non-hydrogen) atoms. The Bertz CT molecular complexity index is 1320. The molecule has 2 amide bonds. The van der Waals surface area contributed by atoms with Crippen molar-refractivity contribution in [2.24, 2.45) is 0 Å². The maximum Gasteiger partial charge on any atom is 0.247 e. The zero-order valence-corrected chi connectivity index (χ0v) is 20.4. The third-order valence-electron chi connectivity index (χ3n) is 6.02. The van der Waals surface area contributed by atoms with Crippen molar-refractivity contribution >= 4 is 27.5 Å². The second-order valence-electron chi connectivity index (χ2n) is 8.46. The summed E-state index contributed by atoms with van der Waals surface area (Å²) in [5.74, 6) is -0.464. The number of rotatable bonds is 7. The normalized spacial score (nSPS) is 18.8. The molecule has 1 aliphatic heterocycles. The number of anilines is 1. The molecule has 1 fully saturated rings.